The lowest BCUT2D eigenvalue weighted by Crippen LogP contribution is -2.34. The van der Waals surface area contributed by atoms with Crippen LogP contribution in [0.25, 0.3) is 16.5 Å². The molecule has 0 unspecified atom stereocenters. The minimum atomic E-state index is -0.294. The molecule has 0 aliphatic carbocycles. The molecule has 0 saturated carbocycles. The summed E-state index contributed by atoms with van der Waals surface area (Å²) in [6.45, 7) is 8.24. The van der Waals surface area contributed by atoms with Crippen LogP contribution in [0.1, 0.15) is 31.4 Å². The van der Waals surface area contributed by atoms with Gasteiger partial charge in [0.1, 0.15) is 11.6 Å². The maximum atomic E-state index is 14.4. The molecule has 0 fully saturated rings. The maximum absolute atomic E-state index is 14.4. The van der Waals surface area contributed by atoms with E-state index in [1.165, 1.54) is 11.6 Å². The van der Waals surface area contributed by atoms with E-state index in [-0.39, 0.29) is 5.82 Å². The van der Waals surface area contributed by atoms with Gasteiger partial charge in [0, 0.05) is 36.1 Å². The number of hydrogen-bond acceptors (Lipinski definition) is 5. The van der Waals surface area contributed by atoms with Gasteiger partial charge in [-0.3, -0.25) is 4.90 Å². The topological polar surface area (TPSA) is 50.3 Å². The van der Waals surface area contributed by atoms with Gasteiger partial charge in [-0.05, 0) is 56.5 Å². The quantitative estimate of drug-likeness (QED) is 0.621. The Morgan fingerprint density at radius 2 is 2.00 bits per heavy atom. The molecule has 0 bridgehead atoms. The smallest absolute Gasteiger partial charge is 0.146 e. The lowest BCUT2D eigenvalue weighted by Gasteiger charge is -2.30. The third-order valence-corrected chi connectivity index (χ3v) is 5.67. The average molecular weight is 407 g/mol. The summed E-state index contributed by atoms with van der Waals surface area (Å²) in [4.78, 5) is 2.44. The van der Waals surface area contributed by atoms with Crippen molar-refractivity contribution in [2.75, 3.05) is 25.5 Å². The number of aromatic nitrogens is 2. The summed E-state index contributed by atoms with van der Waals surface area (Å²) in [6, 6.07) is 9.64. The van der Waals surface area contributed by atoms with Crippen molar-refractivity contribution in [1.29, 1.82) is 0 Å². The molecule has 5 nitrogen and oxygen atoms in total. The molecule has 0 amide bonds. The zero-order chi connectivity index (χ0) is 21.3. The van der Waals surface area contributed by atoms with Crippen LogP contribution in [0.15, 0.2) is 42.6 Å². The lowest BCUT2D eigenvalue weighted by molar-refractivity contribution is 0.245. The predicted octanol–water partition coefficient (Wildman–Crippen LogP) is 5.33. The second-order valence-electron chi connectivity index (χ2n) is 8.00. The standard InChI is InChI=1S/C24H27FN4O/c1-15(2)29-9-7-17(8-10-29)18-12-19-22(13-24(18)30-4)28-26-14-23(19)27-21-6-5-16(3)11-20(21)25/h5-7,11-15H,8-10H2,1-4H3,(H,27,28). The first kappa shape index (κ1) is 20.3. The van der Waals surface area contributed by atoms with Crippen molar-refractivity contribution in [3.8, 4) is 5.75 Å². The largest absolute Gasteiger partial charge is 0.496 e. The van der Waals surface area contributed by atoms with E-state index in [1.807, 2.05) is 19.1 Å². The van der Waals surface area contributed by atoms with Crippen molar-refractivity contribution < 1.29 is 9.13 Å². The van der Waals surface area contributed by atoms with Gasteiger partial charge in [0.25, 0.3) is 0 Å². The minimum Gasteiger partial charge on any atom is -0.496 e. The third-order valence-electron chi connectivity index (χ3n) is 5.67. The van der Waals surface area contributed by atoms with Crippen molar-refractivity contribution in [3.05, 3.63) is 59.5 Å². The summed E-state index contributed by atoms with van der Waals surface area (Å²) in [5.41, 5.74) is 5.02. The summed E-state index contributed by atoms with van der Waals surface area (Å²) in [7, 11) is 1.67. The lowest BCUT2D eigenvalue weighted by atomic mass is 9.96. The van der Waals surface area contributed by atoms with Crippen LogP contribution in [0, 0.1) is 12.7 Å². The minimum absolute atomic E-state index is 0.294. The highest BCUT2D eigenvalue weighted by molar-refractivity contribution is 5.96. The summed E-state index contributed by atoms with van der Waals surface area (Å²) >= 11 is 0. The summed E-state index contributed by atoms with van der Waals surface area (Å²) < 4.78 is 20.1. The van der Waals surface area contributed by atoms with Crippen LogP contribution in [-0.2, 0) is 0 Å². The number of aryl methyl sites for hydroxylation is 1. The number of rotatable bonds is 5. The SMILES string of the molecule is COc1cc2nncc(Nc3ccc(C)cc3F)c2cc1C1=CCN(C(C)C)CC1. The number of halogens is 1. The molecule has 1 aliphatic heterocycles. The highest BCUT2D eigenvalue weighted by Crippen LogP contribution is 2.36. The van der Waals surface area contributed by atoms with Crippen molar-refractivity contribution in [1.82, 2.24) is 15.1 Å². The van der Waals surface area contributed by atoms with Crippen LogP contribution in [0.5, 0.6) is 5.75 Å². The second-order valence-corrected chi connectivity index (χ2v) is 8.00. The van der Waals surface area contributed by atoms with Gasteiger partial charge >= 0.3 is 0 Å². The van der Waals surface area contributed by atoms with Gasteiger partial charge in [-0.15, -0.1) is 0 Å². The summed E-state index contributed by atoms with van der Waals surface area (Å²) in [5.74, 6) is 0.483. The molecule has 0 atom stereocenters. The molecule has 0 saturated heterocycles. The zero-order valence-electron chi connectivity index (χ0n) is 17.9. The van der Waals surface area contributed by atoms with Crippen LogP contribution < -0.4 is 10.1 Å². The second kappa shape index (κ2) is 8.40. The molecule has 0 spiro atoms. The van der Waals surface area contributed by atoms with E-state index < -0.39 is 0 Å². The van der Waals surface area contributed by atoms with Gasteiger partial charge in [0.15, 0.2) is 0 Å². The van der Waals surface area contributed by atoms with Crippen molar-refractivity contribution in [2.24, 2.45) is 0 Å². The van der Waals surface area contributed by atoms with E-state index in [9.17, 15) is 4.39 Å². The normalized spacial score (nSPS) is 14.8. The van der Waals surface area contributed by atoms with Crippen LogP contribution in [0.2, 0.25) is 0 Å². The molecule has 6 heteroatoms. The molecule has 30 heavy (non-hydrogen) atoms. The number of methoxy groups -OCH3 is 1. The first-order valence-corrected chi connectivity index (χ1v) is 10.3. The van der Waals surface area contributed by atoms with Crippen LogP contribution >= 0.6 is 0 Å². The van der Waals surface area contributed by atoms with Crippen LogP contribution in [0.3, 0.4) is 0 Å². The number of nitrogens with zero attached hydrogens (tertiary/aromatic N) is 3. The molecule has 4 rings (SSSR count). The van der Waals surface area contributed by atoms with Gasteiger partial charge in [-0.1, -0.05) is 12.1 Å². The number of benzene rings is 2. The number of hydrogen-bond donors (Lipinski definition) is 1. The fraction of sp³-hybridized carbons (Fsp3) is 0.333. The Hall–Kier alpha value is -2.99. The Bertz CT molecular complexity index is 1110. The molecule has 2 heterocycles. The number of fused-ring (bicyclic) bond motifs is 1. The zero-order valence-corrected chi connectivity index (χ0v) is 17.9. The third kappa shape index (κ3) is 4.00. The van der Waals surface area contributed by atoms with Crippen molar-refractivity contribution >= 4 is 27.9 Å². The summed E-state index contributed by atoms with van der Waals surface area (Å²) in [5, 5.41) is 12.4. The Morgan fingerprint density at radius 1 is 1.17 bits per heavy atom. The fourth-order valence-corrected chi connectivity index (χ4v) is 3.87. The average Bonchev–Trinajstić information content (AvgIpc) is 2.75. The van der Waals surface area contributed by atoms with Crippen molar-refractivity contribution in [2.45, 2.75) is 33.2 Å². The Labute approximate surface area is 176 Å². The first-order chi connectivity index (χ1) is 14.5. The monoisotopic (exact) mass is 406 g/mol. The fourth-order valence-electron chi connectivity index (χ4n) is 3.87. The van der Waals surface area contributed by atoms with Gasteiger partial charge in [-0.2, -0.15) is 10.2 Å². The van der Waals surface area contributed by atoms with E-state index in [0.29, 0.717) is 22.9 Å². The molecular formula is C24H27FN4O. The van der Waals surface area contributed by atoms with E-state index in [4.69, 9.17) is 4.74 Å². The molecule has 1 aromatic heterocycles. The molecule has 3 aromatic rings. The first-order valence-electron chi connectivity index (χ1n) is 10.3. The van der Waals surface area contributed by atoms with E-state index >= 15 is 0 Å². The Kier molecular flexibility index (Phi) is 5.68. The molecule has 1 N–H and O–H groups in total. The van der Waals surface area contributed by atoms with Gasteiger partial charge in [0.2, 0.25) is 0 Å². The number of nitrogens with one attached hydrogen (secondary N) is 1. The Morgan fingerprint density at radius 3 is 2.67 bits per heavy atom. The maximum Gasteiger partial charge on any atom is 0.146 e. The van der Waals surface area contributed by atoms with Gasteiger partial charge in [0.05, 0.1) is 30.2 Å². The molecular weight excluding hydrogens is 379 g/mol. The van der Waals surface area contributed by atoms with Crippen LogP contribution in [0.4, 0.5) is 15.8 Å². The number of ether oxygens (including phenoxy) is 1. The molecule has 0 radical (unpaired) electrons. The van der Waals surface area contributed by atoms with Gasteiger partial charge < -0.3 is 10.1 Å². The number of anilines is 2. The summed E-state index contributed by atoms with van der Waals surface area (Å²) in [6.07, 6.45) is 4.86. The highest BCUT2D eigenvalue weighted by Gasteiger charge is 2.19. The van der Waals surface area contributed by atoms with E-state index in [0.717, 1.165) is 41.8 Å². The highest BCUT2D eigenvalue weighted by atomic mass is 19.1. The van der Waals surface area contributed by atoms with Crippen LogP contribution in [-0.4, -0.2) is 41.3 Å². The van der Waals surface area contributed by atoms with Gasteiger partial charge in [-0.25, -0.2) is 4.39 Å². The molecule has 156 valence electrons. The Balaban J connectivity index is 1.76. The molecule has 1 aliphatic rings. The predicted molar refractivity (Wildman–Crippen MR) is 120 cm³/mol. The van der Waals surface area contributed by atoms with Crippen molar-refractivity contribution in [3.63, 3.8) is 0 Å². The molecule has 2 aromatic carbocycles. The van der Waals surface area contributed by atoms with E-state index in [2.05, 4.69) is 46.4 Å². The van der Waals surface area contributed by atoms with E-state index in [1.54, 1.807) is 19.4 Å².